The van der Waals surface area contributed by atoms with Crippen LogP contribution in [-0.4, -0.2) is 50.2 Å². The van der Waals surface area contributed by atoms with E-state index in [1.807, 2.05) is 12.1 Å². The van der Waals surface area contributed by atoms with Crippen molar-refractivity contribution in [1.29, 1.82) is 5.26 Å². The molecule has 0 bridgehead atoms. The molecule has 1 fully saturated rings. The van der Waals surface area contributed by atoms with Gasteiger partial charge >= 0.3 is 5.97 Å². The van der Waals surface area contributed by atoms with Gasteiger partial charge in [0.15, 0.2) is 18.1 Å². The second-order valence-electron chi connectivity index (χ2n) is 7.01. The van der Waals surface area contributed by atoms with Crippen LogP contribution >= 0.6 is 0 Å². The van der Waals surface area contributed by atoms with Crippen molar-refractivity contribution in [2.75, 3.05) is 27.9 Å². The SMILES string of the molecule is COc1ccc(CCC(=O)OCC(=O)N(C)C2(C#N)CCCCC2)cc1OC. The molecule has 7 nitrogen and oxygen atoms in total. The fourth-order valence-corrected chi connectivity index (χ4v) is 3.49. The zero-order valence-electron chi connectivity index (χ0n) is 16.8. The molecule has 0 atom stereocenters. The summed E-state index contributed by atoms with van der Waals surface area (Å²) in [5.74, 6) is 0.421. The van der Waals surface area contributed by atoms with E-state index in [9.17, 15) is 14.9 Å². The summed E-state index contributed by atoms with van der Waals surface area (Å²) in [6.07, 6.45) is 4.88. The Morgan fingerprint density at radius 3 is 2.43 bits per heavy atom. The second kappa shape index (κ2) is 9.98. The predicted octanol–water partition coefficient (Wildman–Crippen LogP) is 2.86. The third-order valence-corrected chi connectivity index (χ3v) is 5.33. The van der Waals surface area contributed by atoms with Crippen LogP contribution in [0.3, 0.4) is 0 Å². The summed E-state index contributed by atoms with van der Waals surface area (Å²) in [4.78, 5) is 25.9. The third kappa shape index (κ3) is 5.16. The first-order chi connectivity index (χ1) is 13.5. The van der Waals surface area contributed by atoms with Crippen LogP contribution < -0.4 is 9.47 Å². The first-order valence-electron chi connectivity index (χ1n) is 9.50. The number of nitrogens with zero attached hydrogens (tertiary/aromatic N) is 2. The molecule has 0 N–H and O–H groups in total. The van der Waals surface area contributed by atoms with E-state index >= 15 is 0 Å². The minimum Gasteiger partial charge on any atom is -0.493 e. The molecule has 0 saturated heterocycles. The smallest absolute Gasteiger partial charge is 0.306 e. The molecule has 1 saturated carbocycles. The molecule has 1 aromatic rings. The Morgan fingerprint density at radius 2 is 1.82 bits per heavy atom. The number of hydrogen-bond acceptors (Lipinski definition) is 6. The Balaban J connectivity index is 1.83. The molecule has 7 heteroatoms. The summed E-state index contributed by atoms with van der Waals surface area (Å²) in [5, 5.41) is 9.56. The van der Waals surface area contributed by atoms with E-state index in [4.69, 9.17) is 14.2 Å². The van der Waals surface area contributed by atoms with Gasteiger partial charge in [0.05, 0.1) is 20.3 Å². The van der Waals surface area contributed by atoms with Crippen molar-refractivity contribution in [2.24, 2.45) is 0 Å². The molecule has 0 heterocycles. The highest BCUT2D eigenvalue weighted by atomic mass is 16.5. The Morgan fingerprint density at radius 1 is 1.14 bits per heavy atom. The van der Waals surface area contributed by atoms with Crippen molar-refractivity contribution in [1.82, 2.24) is 4.90 Å². The normalized spacial score (nSPS) is 15.2. The summed E-state index contributed by atoms with van der Waals surface area (Å²) in [6, 6.07) is 7.74. The van der Waals surface area contributed by atoms with Gasteiger partial charge in [-0.25, -0.2) is 0 Å². The van der Waals surface area contributed by atoms with Crippen LogP contribution in [-0.2, 0) is 20.7 Å². The second-order valence-corrected chi connectivity index (χ2v) is 7.01. The maximum Gasteiger partial charge on any atom is 0.306 e. The van der Waals surface area contributed by atoms with E-state index in [1.165, 1.54) is 4.90 Å². The summed E-state index contributed by atoms with van der Waals surface area (Å²) < 4.78 is 15.6. The molecule has 0 unspecified atom stereocenters. The fraction of sp³-hybridized carbons (Fsp3) is 0.571. The van der Waals surface area contributed by atoms with Crippen LogP contribution in [0.2, 0.25) is 0 Å². The minimum absolute atomic E-state index is 0.149. The number of benzene rings is 1. The van der Waals surface area contributed by atoms with Crippen LogP contribution in [0.15, 0.2) is 18.2 Å². The van der Waals surface area contributed by atoms with Crippen LogP contribution in [0.5, 0.6) is 11.5 Å². The van der Waals surface area contributed by atoms with Gasteiger partial charge in [-0.15, -0.1) is 0 Å². The first-order valence-corrected chi connectivity index (χ1v) is 9.50. The number of carbonyl (C=O) groups is 2. The maximum atomic E-state index is 12.4. The van der Waals surface area contributed by atoms with E-state index < -0.39 is 11.5 Å². The predicted molar refractivity (Wildman–Crippen MR) is 103 cm³/mol. The number of carbonyl (C=O) groups excluding carboxylic acids is 2. The molecule has 2 rings (SSSR count). The number of methoxy groups -OCH3 is 2. The Labute approximate surface area is 166 Å². The highest BCUT2D eigenvalue weighted by Gasteiger charge is 2.38. The molecular weight excluding hydrogens is 360 g/mol. The highest BCUT2D eigenvalue weighted by molar-refractivity contribution is 5.81. The summed E-state index contributed by atoms with van der Waals surface area (Å²) >= 11 is 0. The monoisotopic (exact) mass is 388 g/mol. The lowest BCUT2D eigenvalue weighted by Crippen LogP contribution is -2.51. The standard InChI is InChI=1S/C21H28N2O5/c1-23(21(15-22)11-5-4-6-12-21)19(24)14-28-20(25)10-8-16-7-9-17(26-2)18(13-16)27-3/h7,9,13H,4-6,8,10-12,14H2,1-3H3. The van der Waals surface area contributed by atoms with E-state index in [0.717, 1.165) is 24.8 Å². The third-order valence-electron chi connectivity index (χ3n) is 5.33. The van der Waals surface area contributed by atoms with E-state index in [0.29, 0.717) is 30.8 Å². The Kier molecular flexibility index (Phi) is 7.68. The van der Waals surface area contributed by atoms with Crippen molar-refractivity contribution in [3.63, 3.8) is 0 Å². The number of likely N-dealkylation sites (N-methyl/N-ethyl adjacent to an activating group) is 1. The molecule has 0 radical (unpaired) electrons. The topological polar surface area (TPSA) is 88.9 Å². The van der Waals surface area contributed by atoms with Crippen molar-refractivity contribution in [2.45, 2.75) is 50.5 Å². The highest BCUT2D eigenvalue weighted by Crippen LogP contribution is 2.32. The van der Waals surface area contributed by atoms with Crippen molar-refractivity contribution in [3.05, 3.63) is 23.8 Å². The molecule has 28 heavy (non-hydrogen) atoms. The fourth-order valence-electron chi connectivity index (χ4n) is 3.49. The number of aryl methyl sites for hydroxylation is 1. The summed E-state index contributed by atoms with van der Waals surface area (Å²) in [6.45, 7) is -0.343. The zero-order chi connectivity index (χ0) is 20.6. The maximum absolute atomic E-state index is 12.4. The number of ether oxygens (including phenoxy) is 3. The molecule has 0 spiro atoms. The average molecular weight is 388 g/mol. The van der Waals surface area contributed by atoms with Gasteiger partial charge in [0.2, 0.25) is 0 Å². The number of hydrogen-bond donors (Lipinski definition) is 0. The molecule has 0 aliphatic heterocycles. The lowest BCUT2D eigenvalue weighted by Gasteiger charge is -2.38. The molecule has 1 aromatic carbocycles. The van der Waals surface area contributed by atoms with Crippen molar-refractivity contribution in [3.8, 4) is 17.6 Å². The molecule has 1 amide bonds. The molecular formula is C21H28N2O5. The van der Waals surface area contributed by atoms with Gasteiger partial charge in [-0.3, -0.25) is 9.59 Å². The molecule has 1 aliphatic carbocycles. The van der Waals surface area contributed by atoms with E-state index in [1.54, 1.807) is 27.3 Å². The average Bonchev–Trinajstić information content (AvgIpc) is 2.75. The number of rotatable bonds is 8. The van der Waals surface area contributed by atoms with E-state index in [2.05, 4.69) is 6.07 Å². The van der Waals surface area contributed by atoms with Crippen molar-refractivity contribution >= 4 is 11.9 Å². The van der Waals surface area contributed by atoms with Crippen LogP contribution in [0.25, 0.3) is 0 Å². The van der Waals surface area contributed by atoms with Gasteiger partial charge in [0, 0.05) is 13.5 Å². The molecule has 1 aliphatic rings. The van der Waals surface area contributed by atoms with Crippen LogP contribution in [0.4, 0.5) is 0 Å². The van der Waals surface area contributed by atoms with Gasteiger partial charge < -0.3 is 19.1 Å². The quantitative estimate of drug-likeness (QED) is 0.636. The lowest BCUT2D eigenvalue weighted by molar-refractivity contribution is -0.153. The first kappa shape index (κ1) is 21.5. The minimum atomic E-state index is -0.776. The summed E-state index contributed by atoms with van der Waals surface area (Å²) in [5.41, 5.74) is 0.130. The summed E-state index contributed by atoms with van der Waals surface area (Å²) in [7, 11) is 4.74. The van der Waals surface area contributed by atoms with E-state index in [-0.39, 0.29) is 18.9 Å². The van der Waals surface area contributed by atoms with Gasteiger partial charge in [0.25, 0.3) is 5.91 Å². The van der Waals surface area contributed by atoms with Crippen LogP contribution in [0, 0.1) is 11.3 Å². The number of amides is 1. The van der Waals surface area contributed by atoms with Crippen molar-refractivity contribution < 1.29 is 23.8 Å². The Hall–Kier alpha value is -2.75. The van der Waals surface area contributed by atoms with Crippen LogP contribution in [0.1, 0.15) is 44.1 Å². The zero-order valence-corrected chi connectivity index (χ0v) is 16.8. The van der Waals surface area contributed by atoms with Gasteiger partial charge in [-0.05, 0) is 37.0 Å². The molecule has 152 valence electrons. The van der Waals surface area contributed by atoms with Gasteiger partial charge in [-0.2, -0.15) is 5.26 Å². The largest absolute Gasteiger partial charge is 0.493 e. The van der Waals surface area contributed by atoms with Gasteiger partial charge in [-0.1, -0.05) is 25.3 Å². The lowest BCUT2D eigenvalue weighted by atomic mass is 9.81. The Bertz CT molecular complexity index is 735. The number of nitriles is 1. The molecule has 0 aromatic heterocycles. The number of esters is 1. The van der Waals surface area contributed by atoms with Gasteiger partial charge in [0.1, 0.15) is 5.54 Å².